The maximum atomic E-state index is 11.2. The molecular formula is C9H7ClN2O3S2. The molecule has 8 heteroatoms. The van der Waals surface area contributed by atoms with E-state index in [1.54, 1.807) is 24.3 Å². The molecule has 90 valence electrons. The second-order valence-electron chi connectivity index (χ2n) is 3.15. The molecule has 0 saturated heterocycles. The first-order valence-electron chi connectivity index (χ1n) is 4.43. The van der Waals surface area contributed by atoms with Crippen LogP contribution in [0.3, 0.4) is 0 Å². The Morgan fingerprint density at radius 1 is 1.35 bits per heavy atom. The predicted molar refractivity (Wildman–Crippen MR) is 64.5 cm³/mol. The number of nitrogens with zero attached hydrogens (tertiary/aromatic N) is 2. The molecule has 5 nitrogen and oxygen atoms in total. The molecular weight excluding hydrogens is 284 g/mol. The van der Waals surface area contributed by atoms with E-state index in [1.807, 2.05) is 0 Å². The Kier molecular flexibility index (Phi) is 3.32. The molecule has 0 N–H and O–H groups in total. The van der Waals surface area contributed by atoms with Gasteiger partial charge in [0.2, 0.25) is 9.84 Å². The zero-order valence-corrected chi connectivity index (χ0v) is 11.0. The molecule has 0 atom stereocenters. The monoisotopic (exact) mass is 290 g/mol. The minimum absolute atomic E-state index is 0.138. The fourth-order valence-electron chi connectivity index (χ4n) is 1.01. The summed E-state index contributed by atoms with van der Waals surface area (Å²) in [4.78, 5) is 3.76. The highest BCUT2D eigenvalue weighted by atomic mass is 35.5. The standard InChI is InChI=1S/C9H7ClN2O3S2/c1-17(13,14)8-11-9(16-12-8)15-7-5-3-2-4-6(7)10/h2-5H,1H3. The Balaban J connectivity index is 2.26. The van der Waals surface area contributed by atoms with Gasteiger partial charge in [0.1, 0.15) is 5.75 Å². The molecule has 1 aromatic heterocycles. The SMILES string of the molecule is CS(=O)(=O)c1nsc(Oc2ccccc2Cl)n1. The van der Waals surface area contributed by atoms with Crippen LogP contribution in [0.4, 0.5) is 0 Å². The third-order valence-corrected chi connectivity index (χ3v) is 3.62. The summed E-state index contributed by atoms with van der Waals surface area (Å²) in [6.07, 6.45) is 1.04. The molecule has 0 saturated carbocycles. The summed E-state index contributed by atoms with van der Waals surface area (Å²) >= 11 is 6.74. The van der Waals surface area contributed by atoms with Gasteiger partial charge in [-0.25, -0.2) is 8.42 Å². The molecule has 2 rings (SSSR count). The molecule has 0 amide bonds. The molecule has 1 aromatic carbocycles. The van der Waals surface area contributed by atoms with Gasteiger partial charge in [-0.2, -0.15) is 9.36 Å². The van der Waals surface area contributed by atoms with Gasteiger partial charge in [0.05, 0.1) is 5.02 Å². The first-order valence-corrected chi connectivity index (χ1v) is 7.47. The Labute approximate surface area is 107 Å². The molecule has 0 fully saturated rings. The summed E-state index contributed by atoms with van der Waals surface area (Å²) in [6.45, 7) is 0. The summed E-state index contributed by atoms with van der Waals surface area (Å²) in [5.74, 6) is 0.408. The van der Waals surface area contributed by atoms with Crippen molar-refractivity contribution < 1.29 is 13.2 Å². The molecule has 2 aromatic rings. The normalized spacial score (nSPS) is 11.4. The second-order valence-corrected chi connectivity index (χ2v) is 6.18. The topological polar surface area (TPSA) is 69.2 Å². The van der Waals surface area contributed by atoms with Crippen LogP contribution in [0, 0.1) is 0 Å². The van der Waals surface area contributed by atoms with E-state index < -0.39 is 9.84 Å². The highest BCUT2D eigenvalue weighted by molar-refractivity contribution is 7.90. The maximum absolute atomic E-state index is 11.2. The number of aromatic nitrogens is 2. The van der Waals surface area contributed by atoms with Crippen molar-refractivity contribution in [3.63, 3.8) is 0 Å². The lowest BCUT2D eigenvalue weighted by atomic mass is 10.3. The number of benzene rings is 1. The maximum Gasteiger partial charge on any atom is 0.299 e. The van der Waals surface area contributed by atoms with Gasteiger partial charge in [-0.05, 0) is 12.1 Å². The van der Waals surface area contributed by atoms with Crippen molar-refractivity contribution in [3.05, 3.63) is 29.3 Å². The molecule has 1 heterocycles. The van der Waals surface area contributed by atoms with Crippen molar-refractivity contribution in [3.8, 4) is 10.9 Å². The lowest BCUT2D eigenvalue weighted by Crippen LogP contribution is -1.99. The number of ether oxygens (including phenoxy) is 1. The van der Waals surface area contributed by atoms with Crippen LogP contribution in [0.2, 0.25) is 5.02 Å². The molecule has 0 bridgehead atoms. The first-order chi connectivity index (χ1) is 7.97. The van der Waals surface area contributed by atoms with Gasteiger partial charge in [-0.1, -0.05) is 23.7 Å². The average Bonchev–Trinajstić information content (AvgIpc) is 2.69. The van der Waals surface area contributed by atoms with E-state index >= 15 is 0 Å². The molecule has 0 aliphatic rings. The molecule has 0 radical (unpaired) electrons. The summed E-state index contributed by atoms with van der Waals surface area (Å²) in [5.41, 5.74) is 0. The summed E-state index contributed by atoms with van der Waals surface area (Å²) in [6, 6.07) is 6.83. The van der Waals surface area contributed by atoms with E-state index in [2.05, 4.69) is 9.36 Å². The minimum Gasteiger partial charge on any atom is -0.428 e. The molecule has 17 heavy (non-hydrogen) atoms. The third-order valence-electron chi connectivity index (χ3n) is 1.75. The fraction of sp³-hybridized carbons (Fsp3) is 0.111. The number of hydrogen-bond acceptors (Lipinski definition) is 6. The smallest absolute Gasteiger partial charge is 0.299 e. The lowest BCUT2D eigenvalue weighted by molar-refractivity contribution is 0.474. The van der Waals surface area contributed by atoms with Gasteiger partial charge in [0.15, 0.2) is 0 Å². The van der Waals surface area contributed by atoms with Gasteiger partial charge in [-0.3, -0.25) is 0 Å². The van der Waals surface area contributed by atoms with Crippen molar-refractivity contribution in [2.45, 2.75) is 5.16 Å². The third kappa shape index (κ3) is 2.93. The molecule has 0 spiro atoms. The van der Waals surface area contributed by atoms with Crippen LogP contribution in [0.1, 0.15) is 0 Å². The Morgan fingerprint density at radius 3 is 2.65 bits per heavy atom. The van der Waals surface area contributed by atoms with Crippen LogP contribution < -0.4 is 4.74 Å². The zero-order chi connectivity index (χ0) is 12.5. The summed E-state index contributed by atoms with van der Waals surface area (Å²) in [7, 11) is -3.41. The predicted octanol–water partition coefficient (Wildman–Crippen LogP) is 2.39. The minimum atomic E-state index is -3.41. The van der Waals surface area contributed by atoms with Gasteiger partial charge in [-0.15, -0.1) is 0 Å². The van der Waals surface area contributed by atoms with Crippen LogP contribution in [0.15, 0.2) is 29.4 Å². The summed E-state index contributed by atoms with van der Waals surface area (Å²) < 4.78 is 31.4. The Hall–Kier alpha value is -1.18. The molecule has 0 aliphatic carbocycles. The number of sulfone groups is 1. The van der Waals surface area contributed by atoms with E-state index in [1.165, 1.54) is 0 Å². The highest BCUT2D eigenvalue weighted by Crippen LogP contribution is 2.30. The van der Waals surface area contributed by atoms with Crippen LogP contribution in [0.25, 0.3) is 0 Å². The van der Waals surface area contributed by atoms with Crippen LogP contribution in [-0.4, -0.2) is 24.0 Å². The Bertz CT molecular complexity index is 639. The average molecular weight is 291 g/mol. The lowest BCUT2D eigenvalue weighted by Gasteiger charge is -2.01. The van der Waals surface area contributed by atoms with E-state index in [0.29, 0.717) is 10.8 Å². The van der Waals surface area contributed by atoms with Crippen LogP contribution in [-0.2, 0) is 9.84 Å². The number of hydrogen-bond donors (Lipinski definition) is 0. The zero-order valence-electron chi connectivity index (χ0n) is 8.62. The number of para-hydroxylation sites is 1. The van der Waals surface area contributed by atoms with Crippen molar-refractivity contribution in [2.75, 3.05) is 6.26 Å². The second kappa shape index (κ2) is 4.59. The largest absolute Gasteiger partial charge is 0.428 e. The van der Waals surface area contributed by atoms with E-state index in [-0.39, 0.29) is 10.4 Å². The number of halogens is 1. The first kappa shape index (κ1) is 12.3. The molecule has 0 aliphatic heterocycles. The summed E-state index contributed by atoms with van der Waals surface area (Å²) in [5, 5.41) is 0.312. The fourth-order valence-corrected chi connectivity index (χ4v) is 2.60. The van der Waals surface area contributed by atoms with Crippen molar-refractivity contribution in [1.29, 1.82) is 0 Å². The van der Waals surface area contributed by atoms with E-state index in [9.17, 15) is 8.42 Å². The number of rotatable bonds is 3. The van der Waals surface area contributed by atoms with Gasteiger partial charge in [0, 0.05) is 17.8 Å². The van der Waals surface area contributed by atoms with Gasteiger partial charge < -0.3 is 4.74 Å². The van der Waals surface area contributed by atoms with Crippen LogP contribution >= 0.6 is 23.1 Å². The van der Waals surface area contributed by atoms with Crippen molar-refractivity contribution in [2.24, 2.45) is 0 Å². The van der Waals surface area contributed by atoms with Crippen LogP contribution in [0.5, 0.6) is 10.9 Å². The van der Waals surface area contributed by atoms with Crippen molar-refractivity contribution >= 4 is 33.0 Å². The molecule has 0 unspecified atom stereocenters. The van der Waals surface area contributed by atoms with E-state index in [0.717, 1.165) is 17.8 Å². The highest BCUT2D eigenvalue weighted by Gasteiger charge is 2.16. The van der Waals surface area contributed by atoms with Gasteiger partial charge in [0.25, 0.3) is 10.4 Å². The van der Waals surface area contributed by atoms with E-state index in [4.69, 9.17) is 16.3 Å². The quantitative estimate of drug-likeness (QED) is 0.868. The Morgan fingerprint density at radius 2 is 2.06 bits per heavy atom. The van der Waals surface area contributed by atoms with Crippen molar-refractivity contribution in [1.82, 2.24) is 9.36 Å². The van der Waals surface area contributed by atoms with Gasteiger partial charge >= 0.3 is 0 Å².